The summed E-state index contributed by atoms with van der Waals surface area (Å²) in [7, 11) is 0. The van der Waals surface area contributed by atoms with Crippen molar-refractivity contribution in [1.82, 2.24) is 4.98 Å². The van der Waals surface area contributed by atoms with Crippen molar-refractivity contribution in [2.75, 3.05) is 0 Å². The summed E-state index contributed by atoms with van der Waals surface area (Å²) in [5.41, 5.74) is 7.40. The molecule has 1 heterocycles. The molecule has 0 aliphatic carbocycles. The standard InChI is InChI=1S/C11H16N2O/c1-2-3-4-11(12)9-5-6-10(8-14)13-7-9/h5-8,11H,2-4,12H2,1H3/t11-/m1/s1. The van der Waals surface area contributed by atoms with Gasteiger partial charge in [-0.2, -0.15) is 0 Å². The molecule has 0 aromatic carbocycles. The van der Waals surface area contributed by atoms with Crippen LogP contribution in [0.25, 0.3) is 0 Å². The first-order valence-electron chi connectivity index (χ1n) is 4.94. The Morgan fingerprint density at radius 2 is 2.36 bits per heavy atom. The van der Waals surface area contributed by atoms with Crippen molar-refractivity contribution in [1.29, 1.82) is 0 Å². The lowest BCUT2D eigenvalue weighted by molar-refractivity contribution is 0.111. The summed E-state index contributed by atoms with van der Waals surface area (Å²) in [5.74, 6) is 0. The van der Waals surface area contributed by atoms with Gasteiger partial charge in [0.1, 0.15) is 5.69 Å². The van der Waals surface area contributed by atoms with E-state index in [0.717, 1.165) is 31.1 Å². The van der Waals surface area contributed by atoms with Gasteiger partial charge < -0.3 is 5.73 Å². The summed E-state index contributed by atoms with van der Waals surface area (Å²) >= 11 is 0. The Kier molecular flexibility index (Phi) is 4.26. The minimum Gasteiger partial charge on any atom is -0.324 e. The van der Waals surface area contributed by atoms with E-state index in [9.17, 15) is 4.79 Å². The second-order valence-electron chi connectivity index (χ2n) is 3.38. The molecule has 1 aromatic heterocycles. The highest BCUT2D eigenvalue weighted by Gasteiger charge is 2.05. The number of carbonyl (C=O) groups excluding carboxylic acids is 1. The Morgan fingerprint density at radius 3 is 2.86 bits per heavy atom. The van der Waals surface area contributed by atoms with E-state index in [4.69, 9.17) is 5.73 Å². The van der Waals surface area contributed by atoms with E-state index in [1.807, 2.05) is 6.07 Å². The Bertz CT molecular complexity index is 282. The molecule has 0 radical (unpaired) electrons. The minimum absolute atomic E-state index is 0.0446. The number of hydrogen-bond acceptors (Lipinski definition) is 3. The molecule has 3 nitrogen and oxygen atoms in total. The lowest BCUT2D eigenvalue weighted by atomic mass is 10.0. The molecule has 0 aliphatic rings. The third kappa shape index (κ3) is 2.92. The maximum absolute atomic E-state index is 10.4. The van der Waals surface area contributed by atoms with Crippen LogP contribution in [0.1, 0.15) is 48.3 Å². The van der Waals surface area contributed by atoms with Crippen LogP contribution in [0.2, 0.25) is 0 Å². The molecule has 0 fully saturated rings. The number of pyridine rings is 1. The molecule has 3 heteroatoms. The maximum Gasteiger partial charge on any atom is 0.168 e. The number of nitrogens with zero attached hydrogens (tertiary/aromatic N) is 1. The molecule has 1 atom stereocenters. The van der Waals surface area contributed by atoms with Crippen LogP contribution in [0.4, 0.5) is 0 Å². The number of aromatic nitrogens is 1. The molecule has 0 saturated carbocycles. The molecule has 0 amide bonds. The SMILES string of the molecule is CCCC[C@@H](N)c1ccc(C=O)nc1. The predicted octanol–water partition coefficient (Wildman–Crippen LogP) is 2.08. The summed E-state index contributed by atoms with van der Waals surface area (Å²) < 4.78 is 0. The quantitative estimate of drug-likeness (QED) is 0.727. The Balaban J connectivity index is 2.61. The zero-order valence-electron chi connectivity index (χ0n) is 8.44. The number of aldehydes is 1. The van der Waals surface area contributed by atoms with Crippen LogP contribution in [0.15, 0.2) is 18.3 Å². The van der Waals surface area contributed by atoms with Gasteiger partial charge in [0, 0.05) is 12.2 Å². The Morgan fingerprint density at radius 1 is 1.57 bits per heavy atom. The van der Waals surface area contributed by atoms with Gasteiger partial charge in [-0.3, -0.25) is 9.78 Å². The third-order valence-corrected chi connectivity index (χ3v) is 2.23. The summed E-state index contributed by atoms with van der Waals surface area (Å²) in [6.45, 7) is 2.14. The second kappa shape index (κ2) is 5.50. The molecule has 0 spiro atoms. The lowest BCUT2D eigenvalue weighted by Gasteiger charge is -2.10. The van der Waals surface area contributed by atoms with E-state index >= 15 is 0 Å². The van der Waals surface area contributed by atoms with Crippen LogP contribution in [0, 0.1) is 0 Å². The topological polar surface area (TPSA) is 56.0 Å². The van der Waals surface area contributed by atoms with Gasteiger partial charge in [0.2, 0.25) is 0 Å². The molecule has 1 aromatic rings. The average Bonchev–Trinajstić information content (AvgIpc) is 2.26. The van der Waals surface area contributed by atoms with Crippen LogP contribution >= 0.6 is 0 Å². The van der Waals surface area contributed by atoms with Gasteiger partial charge in [-0.05, 0) is 18.1 Å². The smallest absolute Gasteiger partial charge is 0.168 e. The van der Waals surface area contributed by atoms with Crippen LogP contribution in [0.3, 0.4) is 0 Å². The second-order valence-corrected chi connectivity index (χ2v) is 3.38. The van der Waals surface area contributed by atoms with E-state index in [-0.39, 0.29) is 6.04 Å². The Labute approximate surface area is 84.3 Å². The zero-order chi connectivity index (χ0) is 10.4. The number of rotatable bonds is 5. The van der Waals surface area contributed by atoms with Crippen LogP contribution in [0.5, 0.6) is 0 Å². The molecule has 0 aliphatic heterocycles. The van der Waals surface area contributed by atoms with Crippen LogP contribution in [-0.2, 0) is 0 Å². The molecular formula is C11H16N2O. The fraction of sp³-hybridized carbons (Fsp3) is 0.455. The molecule has 14 heavy (non-hydrogen) atoms. The minimum atomic E-state index is 0.0446. The van der Waals surface area contributed by atoms with Gasteiger partial charge in [0.05, 0.1) is 0 Å². The fourth-order valence-corrected chi connectivity index (χ4v) is 1.30. The molecule has 2 N–H and O–H groups in total. The van der Waals surface area contributed by atoms with Crippen molar-refractivity contribution in [3.05, 3.63) is 29.6 Å². The number of carbonyl (C=O) groups is 1. The summed E-state index contributed by atoms with van der Waals surface area (Å²) in [6.07, 6.45) is 5.66. The molecule has 0 saturated heterocycles. The average molecular weight is 192 g/mol. The largest absolute Gasteiger partial charge is 0.324 e. The molecule has 76 valence electrons. The highest BCUT2D eigenvalue weighted by Crippen LogP contribution is 2.15. The maximum atomic E-state index is 10.4. The van der Waals surface area contributed by atoms with Crippen LogP contribution in [-0.4, -0.2) is 11.3 Å². The Hall–Kier alpha value is -1.22. The van der Waals surface area contributed by atoms with Gasteiger partial charge in [-0.25, -0.2) is 0 Å². The lowest BCUT2D eigenvalue weighted by Crippen LogP contribution is -2.10. The number of unbranched alkanes of at least 4 members (excludes halogenated alkanes) is 1. The normalized spacial score (nSPS) is 12.4. The predicted molar refractivity (Wildman–Crippen MR) is 56.1 cm³/mol. The van der Waals surface area contributed by atoms with E-state index in [1.165, 1.54) is 0 Å². The molecule has 1 rings (SSSR count). The zero-order valence-corrected chi connectivity index (χ0v) is 8.44. The first kappa shape index (κ1) is 10.9. The number of nitrogens with two attached hydrogens (primary N) is 1. The summed E-state index contributed by atoms with van der Waals surface area (Å²) in [5, 5.41) is 0. The van der Waals surface area contributed by atoms with E-state index in [2.05, 4.69) is 11.9 Å². The first-order valence-corrected chi connectivity index (χ1v) is 4.94. The monoisotopic (exact) mass is 192 g/mol. The van der Waals surface area contributed by atoms with Crippen molar-refractivity contribution < 1.29 is 4.79 Å². The highest BCUT2D eigenvalue weighted by molar-refractivity contribution is 5.71. The van der Waals surface area contributed by atoms with Gasteiger partial charge in [-0.1, -0.05) is 25.8 Å². The van der Waals surface area contributed by atoms with E-state index in [1.54, 1.807) is 12.3 Å². The third-order valence-electron chi connectivity index (χ3n) is 2.23. The number of hydrogen-bond donors (Lipinski definition) is 1. The van der Waals surface area contributed by atoms with Crippen molar-refractivity contribution in [3.8, 4) is 0 Å². The van der Waals surface area contributed by atoms with Gasteiger partial charge >= 0.3 is 0 Å². The van der Waals surface area contributed by atoms with E-state index < -0.39 is 0 Å². The molecule has 0 unspecified atom stereocenters. The van der Waals surface area contributed by atoms with Crippen molar-refractivity contribution in [2.45, 2.75) is 32.2 Å². The van der Waals surface area contributed by atoms with Gasteiger partial charge in [-0.15, -0.1) is 0 Å². The molecular weight excluding hydrogens is 176 g/mol. The highest BCUT2D eigenvalue weighted by atomic mass is 16.1. The van der Waals surface area contributed by atoms with Crippen molar-refractivity contribution in [2.24, 2.45) is 5.73 Å². The van der Waals surface area contributed by atoms with Crippen LogP contribution < -0.4 is 5.73 Å². The van der Waals surface area contributed by atoms with Crippen molar-refractivity contribution >= 4 is 6.29 Å². The summed E-state index contributed by atoms with van der Waals surface area (Å²) in [4.78, 5) is 14.3. The fourth-order valence-electron chi connectivity index (χ4n) is 1.30. The first-order chi connectivity index (χ1) is 6.77. The van der Waals surface area contributed by atoms with Crippen molar-refractivity contribution in [3.63, 3.8) is 0 Å². The molecule has 0 bridgehead atoms. The van der Waals surface area contributed by atoms with Gasteiger partial charge in [0.15, 0.2) is 6.29 Å². The summed E-state index contributed by atoms with van der Waals surface area (Å²) in [6, 6.07) is 3.62. The van der Waals surface area contributed by atoms with Gasteiger partial charge in [0.25, 0.3) is 0 Å². The van der Waals surface area contributed by atoms with E-state index in [0.29, 0.717) is 5.69 Å².